The molecule has 6 heteroatoms. The number of anilines is 1. The maximum absolute atomic E-state index is 12.1. The van der Waals surface area contributed by atoms with Gasteiger partial charge in [0, 0.05) is 37.1 Å². The van der Waals surface area contributed by atoms with Crippen LogP contribution in [0.1, 0.15) is 29.7 Å². The summed E-state index contributed by atoms with van der Waals surface area (Å²) in [5.74, 6) is 0.873. The standard InChI is InChI=1S/C22H26N4O2/c1-17-5-2-3-6-21(17)28-14-4-7-22(27)25-19-10-8-18(9-11-19)15-23-16-20-12-13-24-26-20/h2-3,5-6,8-13,23H,4,7,14-16H2,1H3,(H,24,26)(H,25,27). The highest BCUT2D eigenvalue weighted by Gasteiger charge is 2.04. The van der Waals surface area contributed by atoms with Gasteiger partial charge in [-0.15, -0.1) is 0 Å². The second kappa shape index (κ2) is 10.3. The molecule has 146 valence electrons. The topological polar surface area (TPSA) is 79.0 Å². The quantitative estimate of drug-likeness (QED) is 0.469. The molecule has 28 heavy (non-hydrogen) atoms. The molecule has 0 saturated carbocycles. The van der Waals surface area contributed by atoms with E-state index in [1.165, 1.54) is 0 Å². The number of para-hydroxylation sites is 1. The van der Waals surface area contributed by atoms with E-state index in [9.17, 15) is 4.79 Å². The molecule has 0 fully saturated rings. The maximum Gasteiger partial charge on any atom is 0.224 e. The van der Waals surface area contributed by atoms with Crippen LogP contribution in [0.2, 0.25) is 0 Å². The molecule has 2 aromatic carbocycles. The minimum Gasteiger partial charge on any atom is -0.493 e. The predicted molar refractivity (Wildman–Crippen MR) is 110 cm³/mol. The van der Waals surface area contributed by atoms with E-state index in [1.807, 2.05) is 61.5 Å². The van der Waals surface area contributed by atoms with Crippen molar-refractivity contribution in [3.8, 4) is 5.75 Å². The van der Waals surface area contributed by atoms with E-state index in [-0.39, 0.29) is 5.91 Å². The molecule has 0 aliphatic heterocycles. The Morgan fingerprint density at radius 1 is 1.07 bits per heavy atom. The third-order valence-corrected chi connectivity index (χ3v) is 4.34. The van der Waals surface area contributed by atoms with Gasteiger partial charge in [-0.1, -0.05) is 30.3 Å². The Kier molecular flexibility index (Phi) is 7.21. The average molecular weight is 378 g/mol. The highest BCUT2D eigenvalue weighted by atomic mass is 16.5. The highest BCUT2D eigenvalue weighted by Crippen LogP contribution is 2.16. The number of carbonyl (C=O) groups is 1. The number of nitrogens with zero attached hydrogens (tertiary/aromatic N) is 1. The summed E-state index contributed by atoms with van der Waals surface area (Å²) in [6, 6.07) is 17.7. The largest absolute Gasteiger partial charge is 0.493 e. The normalized spacial score (nSPS) is 10.6. The lowest BCUT2D eigenvalue weighted by Crippen LogP contribution is -2.14. The number of ether oxygens (including phenoxy) is 1. The third kappa shape index (κ3) is 6.25. The summed E-state index contributed by atoms with van der Waals surface area (Å²) in [5.41, 5.74) is 4.12. The first-order chi connectivity index (χ1) is 13.7. The summed E-state index contributed by atoms with van der Waals surface area (Å²) in [5, 5.41) is 13.1. The van der Waals surface area contributed by atoms with Gasteiger partial charge in [-0.05, 0) is 48.7 Å². The van der Waals surface area contributed by atoms with Crippen molar-refractivity contribution in [2.24, 2.45) is 0 Å². The highest BCUT2D eigenvalue weighted by molar-refractivity contribution is 5.90. The molecule has 0 aliphatic carbocycles. The molecule has 0 saturated heterocycles. The summed E-state index contributed by atoms with van der Waals surface area (Å²) in [6.45, 7) is 4.03. The first kappa shape index (κ1) is 19.6. The van der Waals surface area contributed by atoms with Gasteiger partial charge in [0.1, 0.15) is 5.75 Å². The van der Waals surface area contributed by atoms with Gasteiger partial charge in [0.2, 0.25) is 5.91 Å². The molecule has 6 nitrogen and oxygen atoms in total. The van der Waals surface area contributed by atoms with Crippen molar-refractivity contribution >= 4 is 11.6 Å². The van der Waals surface area contributed by atoms with E-state index in [0.717, 1.165) is 41.3 Å². The van der Waals surface area contributed by atoms with Crippen molar-refractivity contribution in [3.63, 3.8) is 0 Å². The van der Waals surface area contributed by atoms with E-state index in [1.54, 1.807) is 6.20 Å². The van der Waals surface area contributed by atoms with E-state index in [0.29, 0.717) is 19.4 Å². The first-order valence-corrected chi connectivity index (χ1v) is 9.47. The SMILES string of the molecule is Cc1ccccc1OCCCC(=O)Nc1ccc(CNCc2ccn[nH]2)cc1. The lowest BCUT2D eigenvalue weighted by molar-refractivity contribution is -0.116. The van der Waals surface area contributed by atoms with E-state index in [4.69, 9.17) is 4.74 Å². The molecule has 0 atom stereocenters. The zero-order valence-corrected chi connectivity index (χ0v) is 16.1. The fourth-order valence-electron chi connectivity index (χ4n) is 2.79. The zero-order valence-electron chi connectivity index (χ0n) is 16.1. The summed E-state index contributed by atoms with van der Waals surface area (Å²) in [6.07, 6.45) is 2.85. The van der Waals surface area contributed by atoms with Gasteiger partial charge in [-0.2, -0.15) is 5.10 Å². The number of rotatable bonds is 10. The predicted octanol–water partition coefficient (Wildman–Crippen LogP) is 3.81. The minimum absolute atomic E-state index is 0.00139. The number of hydrogen-bond donors (Lipinski definition) is 3. The Hall–Kier alpha value is -3.12. The number of aromatic amines is 1. The number of amides is 1. The number of hydrogen-bond acceptors (Lipinski definition) is 4. The van der Waals surface area contributed by atoms with E-state index in [2.05, 4.69) is 20.8 Å². The maximum atomic E-state index is 12.1. The molecule has 1 amide bonds. The van der Waals surface area contributed by atoms with Crippen LogP contribution >= 0.6 is 0 Å². The Morgan fingerprint density at radius 3 is 2.64 bits per heavy atom. The fraction of sp³-hybridized carbons (Fsp3) is 0.273. The van der Waals surface area contributed by atoms with Gasteiger partial charge in [0.25, 0.3) is 0 Å². The molecular weight excluding hydrogens is 352 g/mol. The molecule has 0 radical (unpaired) electrons. The van der Waals surface area contributed by atoms with Crippen LogP contribution in [0.15, 0.2) is 60.8 Å². The van der Waals surface area contributed by atoms with Crippen molar-refractivity contribution in [1.82, 2.24) is 15.5 Å². The van der Waals surface area contributed by atoms with Gasteiger partial charge in [-0.3, -0.25) is 9.89 Å². The van der Waals surface area contributed by atoms with Crippen molar-refractivity contribution < 1.29 is 9.53 Å². The van der Waals surface area contributed by atoms with Crippen LogP contribution in [0.5, 0.6) is 5.75 Å². The number of H-pyrrole nitrogens is 1. The van der Waals surface area contributed by atoms with E-state index < -0.39 is 0 Å². The van der Waals surface area contributed by atoms with E-state index >= 15 is 0 Å². The van der Waals surface area contributed by atoms with Gasteiger partial charge < -0.3 is 15.4 Å². The van der Waals surface area contributed by atoms with Crippen LogP contribution in [0, 0.1) is 6.92 Å². The second-order valence-electron chi connectivity index (χ2n) is 6.65. The number of nitrogens with one attached hydrogen (secondary N) is 3. The molecule has 0 bridgehead atoms. The smallest absolute Gasteiger partial charge is 0.224 e. The Morgan fingerprint density at radius 2 is 1.89 bits per heavy atom. The molecule has 0 spiro atoms. The van der Waals surface area contributed by atoms with Crippen molar-refractivity contribution in [2.45, 2.75) is 32.9 Å². The Balaban J connectivity index is 1.34. The van der Waals surface area contributed by atoms with Crippen LogP contribution in [0.25, 0.3) is 0 Å². The fourth-order valence-corrected chi connectivity index (χ4v) is 2.79. The zero-order chi connectivity index (χ0) is 19.6. The molecule has 3 rings (SSSR count). The molecular formula is C22H26N4O2. The summed E-state index contributed by atoms with van der Waals surface area (Å²) >= 11 is 0. The second-order valence-corrected chi connectivity index (χ2v) is 6.65. The molecule has 3 aromatic rings. The molecule has 1 aromatic heterocycles. The third-order valence-electron chi connectivity index (χ3n) is 4.34. The van der Waals surface area contributed by atoms with Crippen molar-refractivity contribution in [3.05, 3.63) is 77.6 Å². The summed E-state index contributed by atoms with van der Waals surface area (Å²) in [4.78, 5) is 12.1. The average Bonchev–Trinajstić information content (AvgIpc) is 3.21. The number of benzene rings is 2. The van der Waals surface area contributed by atoms with Crippen LogP contribution in [-0.2, 0) is 17.9 Å². The number of aryl methyl sites for hydroxylation is 1. The van der Waals surface area contributed by atoms with Crippen LogP contribution < -0.4 is 15.4 Å². The molecule has 0 aliphatic rings. The monoisotopic (exact) mass is 378 g/mol. The van der Waals surface area contributed by atoms with Crippen molar-refractivity contribution in [2.75, 3.05) is 11.9 Å². The molecule has 1 heterocycles. The Labute approximate surface area is 165 Å². The summed E-state index contributed by atoms with van der Waals surface area (Å²) in [7, 11) is 0. The lowest BCUT2D eigenvalue weighted by Gasteiger charge is -2.09. The first-order valence-electron chi connectivity index (χ1n) is 9.47. The minimum atomic E-state index is -0.00139. The Bertz CT molecular complexity index is 861. The van der Waals surface area contributed by atoms with Gasteiger partial charge in [-0.25, -0.2) is 0 Å². The number of aromatic nitrogens is 2. The molecule has 0 unspecified atom stereocenters. The van der Waals surface area contributed by atoms with Gasteiger partial charge in [0.05, 0.1) is 6.61 Å². The van der Waals surface area contributed by atoms with Gasteiger partial charge in [0.15, 0.2) is 0 Å². The van der Waals surface area contributed by atoms with Crippen LogP contribution in [0.3, 0.4) is 0 Å². The lowest BCUT2D eigenvalue weighted by atomic mass is 10.2. The number of carbonyl (C=O) groups excluding carboxylic acids is 1. The van der Waals surface area contributed by atoms with Crippen molar-refractivity contribution in [1.29, 1.82) is 0 Å². The summed E-state index contributed by atoms with van der Waals surface area (Å²) < 4.78 is 5.72. The van der Waals surface area contributed by atoms with Gasteiger partial charge >= 0.3 is 0 Å². The van der Waals surface area contributed by atoms with Crippen LogP contribution in [0.4, 0.5) is 5.69 Å². The molecule has 3 N–H and O–H groups in total. The van der Waals surface area contributed by atoms with Crippen LogP contribution in [-0.4, -0.2) is 22.7 Å².